The minimum Gasteiger partial charge on any atom is -0.462 e. The van der Waals surface area contributed by atoms with Gasteiger partial charge in [0.1, 0.15) is 28.3 Å². The molecule has 2 aliphatic rings. The molecule has 0 spiro atoms. The number of fused-ring (bicyclic) bond motifs is 1. The standard InChI is InChI=1S/C18H16FN3O4/c1-2-26-17(25)12-8-22(10-3-4-10)16-11(14(12)24)7-13(19)15(21-16)18(5-6-18)20-9-23/h7-8,10H,2-6H2,1H3. The van der Waals surface area contributed by atoms with E-state index in [1.54, 1.807) is 11.5 Å². The fourth-order valence-corrected chi connectivity index (χ4v) is 3.17. The van der Waals surface area contributed by atoms with Gasteiger partial charge in [0.15, 0.2) is 0 Å². The van der Waals surface area contributed by atoms with Gasteiger partial charge in [-0.1, -0.05) is 0 Å². The molecule has 0 N–H and O–H groups in total. The number of esters is 1. The third-order valence-corrected chi connectivity index (χ3v) is 4.82. The van der Waals surface area contributed by atoms with Gasteiger partial charge in [0.25, 0.3) is 0 Å². The number of carbonyl (C=O) groups excluding carboxylic acids is 2. The number of halogens is 1. The van der Waals surface area contributed by atoms with Crippen molar-refractivity contribution >= 4 is 23.1 Å². The molecule has 0 saturated heterocycles. The molecule has 0 unspecified atom stereocenters. The fourth-order valence-electron chi connectivity index (χ4n) is 3.17. The van der Waals surface area contributed by atoms with Gasteiger partial charge >= 0.3 is 5.97 Å². The van der Waals surface area contributed by atoms with Crippen LogP contribution in [0, 0.1) is 5.82 Å². The first-order valence-corrected chi connectivity index (χ1v) is 8.53. The molecule has 2 aromatic rings. The van der Waals surface area contributed by atoms with Crippen LogP contribution in [0.2, 0.25) is 0 Å². The molecule has 0 radical (unpaired) electrons. The van der Waals surface area contributed by atoms with Gasteiger partial charge in [-0.3, -0.25) is 4.79 Å². The summed E-state index contributed by atoms with van der Waals surface area (Å²) in [7, 11) is 0. The van der Waals surface area contributed by atoms with Gasteiger partial charge in [0, 0.05) is 12.2 Å². The van der Waals surface area contributed by atoms with E-state index in [1.165, 1.54) is 12.3 Å². The average Bonchev–Trinajstić information content (AvgIpc) is 3.51. The number of hydrogen-bond acceptors (Lipinski definition) is 6. The number of ether oxygens (including phenoxy) is 1. The maximum atomic E-state index is 14.7. The SMILES string of the molecule is CCOC(=O)c1cn(C2CC2)c2nc(C3(N=C=O)CC3)c(F)cc2c1=O. The summed E-state index contributed by atoms with van der Waals surface area (Å²) < 4.78 is 21.3. The summed E-state index contributed by atoms with van der Waals surface area (Å²) in [6.07, 6.45) is 5.70. The Labute approximate surface area is 147 Å². The molecule has 0 atom stereocenters. The molecular formula is C18H16FN3O4. The van der Waals surface area contributed by atoms with Gasteiger partial charge < -0.3 is 9.30 Å². The Balaban J connectivity index is 1.98. The van der Waals surface area contributed by atoms with Crippen LogP contribution in [0.25, 0.3) is 11.0 Å². The maximum Gasteiger partial charge on any atom is 0.343 e. The molecule has 2 aliphatic carbocycles. The Morgan fingerprint density at radius 3 is 2.81 bits per heavy atom. The van der Waals surface area contributed by atoms with Crippen molar-refractivity contribution in [3.05, 3.63) is 39.6 Å². The van der Waals surface area contributed by atoms with Crippen molar-refractivity contribution in [2.24, 2.45) is 4.99 Å². The smallest absolute Gasteiger partial charge is 0.343 e. The lowest BCUT2D eigenvalue weighted by molar-refractivity contribution is 0.0524. The molecule has 2 aromatic heterocycles. The molecule has 0 amide bonds. The van der Waals surface area contributed by atoms with E-state index in [-0.39, 0.29) is 29.3 Å². The summed E-state index contributed by atoms with van der Waals surface area (Å²) in [6, 6.07) is 1.18. The van der Waals surface area contributed by atoms with Crippen molar-refractivity contribution < 1.29 is 18.7 Å². The van der Waals surface area contributed by atoms with Crippen LogP contribution in [0.15, 0.2) is 22.1 Å². The second kappa shape index (κ2) is 5.85. The second-order valence-corrected chi connectivity index (χ2v) is 6.66. The van der Waals surface area contributed by atoms with E-state index in [2.05, 4.69) is 9.98 Å². The Bertz CT molecular complexity index is 1030. The summed E-state index contributed by atoms with van der Waals surface area (Å²) in [5.41, 5.74) is -1.38. The molecule has 0 aromatic carbocycles. The highest BCUT2D eigenvalue weighted by atomic mass is 19.1. The Morgan fingerprint density at radius 1 is 1.50 bits per heavy atom. The summed E-state index contributed by atoms with van der Waals surface area (Å²) in [6.45, 7) is 1.78. The lowest BCUT2D eigenvalue weighted by atomic mass is 10.1. The van der Waals surface area contributed by atoms with Crippen LogP contribution in [0.3, 0.4) is 0 Å². The van der Waals surface area contributed by atoms with E-state index in [0.717, 1.165) is 18.9 Å². The quantitative estimate of drug-likeness (QED) is 0.465. The molecule has 7 nitrogen and oxygen atoms in total. The molecule has 134 valence electrons. The van der Waals surface area contributed by atoms with E-state index in [0.29, 0.717) is 18.5 Å². The zero-order valence-electron chi connectivity index (χ0n) is 14.1. The molecule has 8 heteroatoms. The predicted molar refractivity (Wildman–Crippen MR) is 89.2 cm³/mol. The molecular weight excluding hydrogens is 341 g/mol. The molecule has 0 bridgehead atoms. The van der Waals surface area contributed by atoms with E-state index in [1.807, 2.05) is 0 Å². The fraction of sp³-hybridized carbons (Fsp3) is 0.444. The van der Waals surface area contributed by atoms with Crippen molar-refractivity contribution in [3.63, 3.8) is 0 Å². The Morgan fingerprint density at radius 2 is 2.23 bits per heavy atom. The summed E-state index contributed by atoms with van der Waals surface area (Å²) in [4.78, 5) is 43.5. The van der Waals surface area contributed by atoms with E-state index in [9.17, 15) is 18.8 Å². The topological polar surface area (TPSA) is 90.6 Å². The summed E-state index contributed by atoms with van der Waals surface area (Å²) >= 11 is 0. The zero-order valence-corrected chi connectivity index (χ0v) is 14.1. The highest BCUT2D eigenvalue weighted by Gasteiger charge is 2.48. The van der Waals surface area contributed by atoms with Crippen LogP contribution >= 0.6 is 0 Å². The van der Waals surface area contributed by atoms with Crippen LogP contribution in [-0.2, 0) is 15.1 Å². The van der Waals surface area contributed by atoms with Gasteiger partial charge in [-0.25, -0.2) is 19.0 Å². The number of rotatable bonds is 5. The van der Waals surface area contributed by atoms with Gasteiger partial charge in [0.2, 0.25) is 11.5 Å². The molecule has 2 heterocycles. The van der Waals surface area contributed by atoms with E-state index < -0.39 is 22.8 Å². The minimum atomic E-state index is -0.982. The van der Waals surface area contributed by atoms with Gasteiger partial charge in [0.05, 0.1) is 12.0 Å². The van der Waals surface area contributed by atoms with E-state index in [4.69, 9.17) is 4.74 Å². The van der Waals surface area contributed by atoms with Crippen LogP contribution < -0.4 is 5.43 Å². The van der Waals surface area contributed by atoms with Crippen LogP contribution in [-0.4, -0.2) is 28.2 Å². The third-order valence-electron chi connectivity index (χ3n) is 4.82. The van der Waals surface area contributed by atoms with Crippen LogP contribution in [0.5, 0.6) is 0 Å². The number of pyridine rings is 2. The molecule has 0 aliphatic heterocycles. The van der Waals surface area contributed by atoms with Crippen molar-refractivity contribution in [2.75, 3.05) is 6.61 Å². The average molecular weight is 357 g/mol. The summed E-state index contributed by atoms with van der Waals surface area (Å²) in [5.74, 6) is -1.45. The number of aliphatic imine (C=N–C) groups is 1. The number of hydrogen-bond donors (Lipinski definition) is 0. The first-order valence-electron chi connectivity index (χ1n) is 8.53. The van der Waals surface area contributed by atoms with Crippen molar-refractivity contribution in [1.29, 1.82) is 0 Å². The van der Waals surface area contributed by atoms with Crippen molar-refractivity contribution in [1.82, 2.24) is 9.55 Å². The van der Waals surface area contributed by atoms with Crippen LogP contribution in [0.4, 0.5) is 4.39 Å². The number of isocyanates is 1. The molecule has 2 saturated carbocycles. The van der Waals surface area contributed by atoms with E-state index >= 15 is 0 Å². The third kappa shape index (κ3) is 2.54. The van der Waals surface area contributed by atoms with Gasteiger partial charge in [-0.05, 0) is 38.7 Å². The highest BCUT2D eigenvalue weighted by molar-refractivity contribution is 5.93. The molecule has 2 fully saturated rings. The normalized spacial score (nSPS) is 17.6. The molecule has 4 rings (SSSR count). The zero-order chi connectivity index (χ0) is 18.5. The first kappa shape index (κ1) is 16.6. The number of carbonyl (C=O) groups is 1. The number of nitrogens with zero attached hydrogens (tertiary/aromatic N) is 3. The minimum absolute atomic E-state index is 0.0228. The maximum absolute atomic E-state index is 14.7. The summed E-state index contributed by atoms with van der Waals surface area (Å²) in [5, 5.41) is 0.0228. The largest absolute Gasteiger partial charge is 0.462 e. The molecule has 26 heavy (non-hydrogen) atoms. The first-order chi connectivity index (χ1) is 12.5. The van der Waals surface area contributed by atoms with Gasteiger partial charge in [-0.2, -0.15) is 4.99 Å². The van der Waals surface area contributed by atoms with Crippen LogP contribution in [0.1, 0.15) is 54.7 Å². The highest BCUT2D eigenvalue weighted by Crippen LogP contribution is 2.49. The Kier molecular flexibility index (Phi) is 3.73. The monoisotopic (exact) mass is 357 g/mol. The Hall–Kier alpha value is -2.86. The lowest BCUT2D eigenvalue weighted by Gasteiger charge is -2.15. The van der Waals surface area contributed by atoms with Crippen molar-refractivity contribution in [3.8, 4) is 0 Å². The predicted octanol–water partition coefficient (Wildman–Crippen LogP) is 2.37. The number of aromatic nitrogens is 2. The van der Waals surface area contributed by atoms with Gasteiger partial charge in [-0.15, -0.1) is 0 Å². The second-order valence-electron chi connectivity index (χ2n) is 6.66. The lowest BCUT2D eigenvalue weighted by Crippen LogP contribution is -2.22. The van der Waals surface area contributed by atoms with Crippen molar-refractivity contribution in [2.45, 2.75) is 44.2 Å².